The molecule has 0 fully saturated rings. The first kappa shape index (κ1) is 13.2. The maximum Gasteiger partial charge on any atom is 0.328 e. The van der Waals surface area contributed by atoms with E-state index in [0.717, 1.165) is 0 Å². The van der Waals surface area contributed by atoms with Crippen molar-refractivity contribution in [1.29, 1.82) is 0 Å². The molecule has 1 atom stereocenters. The molecule has 1 aliphatic heterocycles. The van der Waals surface area contributed by atoms with Crippen LogP contribution in [-0.4, -0.2) is 38.3 Å². The van der Waals surface area contributed by atoms with E-state index in [9.17, 15) is 9.59 Å². The van der Waals surface area contributed by atoms with Gasteiger partial charge in [0.05, 0.1) is 19.3 Å². The molecule has 1 aromatic rings. The van der Waals surface area contributed by atoms with E-state index in [-0.39, 0.29) is 6.03 Å². The number of nitrogens with one attached hydrogen (secondary N) is 1. The Morgan fingerprint density at radius 1 is 1.42 bits per heavy atom. The van der Waals surface area contributed by atoms with Crippen molar-refractivity contribution in [2.45, 2.75) is 13.0 Å². The molecule has 1 heterocycles. The Balaban J connectivity index is 2.11. The molecule has 0 unspecified atom stereocenters. The normalized spacial score (nSPS) is 14.9. The van der Waals surface area contributed by atoms with Crippen LogP contribution in [0.15, 0.2) is 24.3 Å². The summed E-state index contributed by atoms with van der Waals surface area (Å²) in [4.78, 5) is 25.0. The summed E-state index contributed by atoms with van der Waals surface area (Å²) in [6.07, 6.45) is 0. The minimum Gasteiger partial charge on any atom is -0.490 e. The van der Waals surface area contributed by atoms with E-state index in [1.165, 1.54) is 7.11 Å². The van der Waals surface area contributed by atoms with E-state index in [1.807, 2.05) is 12.1 Å². The molecule has 0 aliphatic carbocycles. The Bertz CT molecular complexity index is 489. The SMILES string of the molecule is COC(=O)[C@@H](C)NC(=O)N1CCOc2ccccc21. The number of anilines is 1. The zero-order valence-corrected chi connectivity index (χ0v) is 10.9. The van der Waals surface area contributed by atoms with Crippen LogP contribution in [0.25, 0.3) is 0 Å². The van der Waals surface area contributed by atoms with Crippen LogP contribution in [0.5, 0.6) is 5.75 Å². The Morgan fingerprint density at radius 2 is 2.16 bits per heavy atom. The van der Waals surface area contributed by atoms with Crippen molar-refractivity contribution < 1.29 is 19.1 Å². The van der Waals surface area contributed by atoms with Gasteiger partial charge in [-0.1, -0.05) is 12.1 Å². The summed E-state index contributed by atoms with van der Waals surface area (Å²) in [5, 5.41) is 2.60. The number of fused-ring (bicyclic) bond motifs is 1. The number of hydrogen-bond donors (Lipinski definition) is 1. The molecule has 19 heavy (non-hydrogen) atoms. The zero-order valence-electron chi connectivity index (χ0n) is 10.9. The summed E-state index contributed by atoms with van der Waals surface area (Å²) in [6.45, 7) is 2.45. The van der Waals surface area contributed by atoms with Crippen molar-refractivity contribution in [2.75, 3.05) is 25.2 Å². The molecule has 1 N–H and O–H groups in total. The maximum absolute atomic E-state index is 12.1. The van der Waals surface area contributed by atoms with Crippen LogP contribution < -0.4 is 15.0 Å². The molecule has 0 bridgehead atoms. The van der Waals surface area contributed by atoms with Gasteiger partial charge in [0.2, 0.25) is 0 Å². The average molecular weight is 264 g/mol. The number of rotatable bonds is 2. The van der Waals surface area contributed by atoms with E-state index < -0.39 is 12.0 Å². The van der Waals surface area contributed by atoms with E-state index in [2.05, 4.69) is 10.1 Å². The van der Waals surface area contributed by atoms with E-state index in [0.29, 0.717) is 24.6 Å². The number of hydrogen-bond acceptors (Lipinski definition) is 4. The van der Waals surface area contributed by atoms with Gasteiger partial charge in [-0.15, -0.1) is 0 Å². The third-order valence-corrected chi connectivity index (χ3v) is 2.87. The van der Waals surface area contributed by atoms with Gasteiger partial charge in [-0.2, -0.15) is 0 Å². The fourth-order valence-electron chi connectivity index (χ4n) is 1.88. The molecule has 0 aromatic heterocycles. The second-order valence-electron chi connectivity index (χ2n) is 4.16. The molecule has 1 aliphatic rings. The largest absolute Gasteiger partial charge is 0.490 e. The summed E-state index contributed by atoms with van der Waals surface area (Å²) in [5.41, 5.74) is 0.698. The molecule has 0 radical (unpaired) electrons. The summed E-state index contributed by atoms with van der Waals surface area (Å²) < 4.78 is 10.0. The van der Waals surface area contributed by atoms with Crippen LogP contribution in [0.3, 0.4) is 0 Å². The smallest absolute Gasteiger partial charge is 0.328 e. The molecule has 0 saturated carbocycles. The third-order valence-electron chi connectivity index (χ3n) is 2.87. The fourth-order valence-corrected chi connectivity index (χ4v) is 1.88. The summed E-state index contributed by atoms with van der Waals surface area (Å²) >= 11 is 0. The van der Waals surface area contributed by atoms with Crippen LogP contribution in [0.4, 0.5) is 10.5 Å². The zero-order chi connectivity index (χ0) is 13.8. The van der Waals surface area contributed by atoms with E-state index in [1.54, 1.807) is 24.0 Å². The van der Waals surface area contributed by atoms with Crippen LogP contribution in [0.1, 0.15) is 6.92 Å². The molecule has 0 spiro atoms. The number of carbonyl (C=O) groups is 2. The van der Waals surface area contributed by atoms with Gasteiger partial charge in [0.25, 0.3) is 0 Å². The Morgan fingerprint density at radius 3 is 2.89 bits per heavy atom. The Hall–Kier alpha value is -2.24. The van der Waals surface area contributed by atoms with Crippen molar-refractivity contribution in [1.82, 2.24) is 5.32 Å². The fraction of sp³-hybridized carbons (Fsp3) is 0.385. The second kappa shape index (κ2) is 5.60. The van der Waals surface area contributed by atoms with Crippen LogP contribution in [0, 0.1) is 0 Å². The standard InChI is InChI=1S/C13H16N2O4/c1-9(12(16)18-2)14-13(17)15-7-8-19-11-6-4-3-5-10(11)15/h3-6,9H,7-8H2,1-2H3,(H,14,17)/t9-/m1/s1. The molecule has 2 rings (SSSR count). The predicted molar refractivity (Wildman–Crippen MR) is 69.3 cm³/mol. The number of amides is 2. The topological polar surface area (TPSA) is 67.9 Å². The number of carbonyl (C=O) groups excluding carboxylic acids is 2. The van der Waals surface area contributed by atoms with Crippen LogP contribution in [0.2, 0.25) is 0 Å². The summed E-state index contributed by atoms with van der Waals surface area (Å²) in [7, 11) is 1.29. The molecule has 102 valence electrons. The number of para-hydroxylation sites is 2. The van der Waals surface area contributed by atoms with Gasteiger partial charge >= 0.3 is 12.0 Å². The first-order chi connectivity index (χ1) is 9.13. The third kappa shape index (κ3) is 2.78. The van der Waals surface area contributed by atoms with Crippen molar-refractivity contribution in [3.8, 4) is 5.75 Å². The number of nitrogens with zero attached hydrogens (tertiary/aromatic N) is 1. The van der Waals surface area contributed by atoms with Gasteiger partial charge in [0, 0.05) is 0 Å². The molecule has 2 amide bonds. The molecule has 6 heteroatoms. The highest BCUT2D eigenvalue weighted by atomic mass is 16.5. The Kier molecular flexibility index (Phi) is 3.89. The van der Waals surface area contributed by atoms with Crippen molar-refractivity contribution >= 4 is 17.7 Å². The van der Waals surface area contributed by atoms with Gasteiger partial charge in [0.15, 0.2) is 0 Å². The van der Waals surface area contributed by atoms with Crippen molar-refractivity contribution in [2.24, 2.45) is 0 Å². The summed E-state index contributed by atoms with van der Waals surface area (Å²) in [5.74, 6) is 0.185. The number of methoxy groups -OCH3 is 1. The summed E-state index contributed by atoms with van der Waals surface area (Å²) in [6, 6.07) is 6.26. The second-order valence-corrected chi connectivity index (χ2v) is 4.16. The van der Waals surface area contributed by atoms with Crippen LogP contribution >= 0.6 is 0 Å². The monoisotopic (exact) mass is 264 g/mol. The highest BCUT2D eigenvalue weighted by Gasteiger charge is 2.25. The minimum absolute atomic E-state index is 0.339. The molecule has 0 saturated heterocycles. The molecule has 1 aromatic carbocycles. The molecular weight excluding hydrogens is 248 g/mol. The first-order valence-corrected chi connectivity index (χ1v) is 6.01. The number of benzene rings is 1. The van der Waals surface area contributed by atoms with Gasteiger partial charge in [-0.25, -0.2) is 9.59 Å². The van der Waals surface area contributed by atoms with Gasteiger partial charge in [-0.05, 0) is 19.1 Å². The number of esters is 1. The highest BCUT2D eigenvalue weighted by Crippen LogP contribution is 2.30. The Labute approximate surface area is 111 Å². The minimum atomic E-state index is -0.687. The number of ether oxygens (including phenoxy) is 2. The maximum atomic E-state index is 12.1. The highest BCUT2D eigenvalue weighted by molar-refractivity contribution is 5.96. The first-order valence-electron chi connectivity index (χ1n) is 6.01. The quantitative estimate of drug-likeness (QED) is 0.814. The average Bonchev–Trinajstić information content (AvgIpc) is 2.45. The molecule has 6 nitrogen and oxygen atoms in total. The lowest BCUT2D eigenvalue weighted by Crippen LogP contribution is -2.49. The van der Waals surface area contributed by atoms with E-state index >= 15 is 0 Å². The van der Waals surface area contributed by atoms with Crippen molar-refractivity contribution in [3.63, 3.8) is 0 Å². The van der Waals surface area contributed by atoms with Gasteiger partial charge in [-0.3, -0.25) is 4.90 Å². The van der Waals surface area contributed by atoms with Crippen LogP contribution in [-0.2, 0) is 9.53 Å². The van der Waals surface area contributed by atoms with Gasteiger partial charge < -0.3 is 14.8 Å². The van der Waals surface area contributed by atoms with Crippen molar-refractivity contribution in [3.05, 3.63) is 24.3 Å². The lowest BCUT2D eigenvalue weighted by molar-refractivity contribution is -0.142. The van der Waals surface area contributed by atoms with E-state index in [4.69, 9.17) is 4.74 Å². The lowest BCUT2D eigenvalue weighted by Gasteiger charge is -2.30. The molecular formula is C13H16N2O4. The van der Waals surface area contributed by atoms with Gasteiger partial charge in [0.1, 0.15) is 18.4 Å². The predicted octanol–water partition coefficient (Wildman–Crippen LogP) is 1.16. The number of urea groups is 1. The lowest BCUT2D eigenvalue weighted by atomic mass is 10.2.